The van der Waals surface area contributed by atoms with Gasteiger partial charge in [0.15, 0.2) is 5.96 Å². The average molecular weight is 471 g/mol. The van der Waals surface area contributed by atoms with Gasteiger partial charge in [-0.15, -0.1) is 24.0 Å². The van der Waals surface area contributed by atoms with Gasteiger partial charge in [-0.25, -0.2) is 4.99 Å². The largest absolute Gasteiger partial charge is 0.497 e. The summed E-state index contributed by atoms with van der Waals surface area (Å²) < 4.78 is 16.4. The lowest BCUT2D eigenvalue weighted by molar-refractivity contribution is 0.332. The lowest BCUT2D eigenvalue weighted by atomic mass is 10.2. The van der Waals surface area contributed by atoms with E-state index in [9.17, 15) is 0 Å². The molecule has 7 heteroatoms. The fraction of sp³-hybridized carbons (Fsp3) is 0.316. The van der Waals surface area contributed by atoms with E-state index in [4.69, 9.17) is 19.9 Å². The van der Waals surface area contributed by atoms with Crippen LogP contribution in [0.2, 0.25) is 0 Å². The predicted molar refractivity (Wildman–Crippen MR) is 116 cm³/mol. The van der Waals surface area contributed by atoms with Crippen LogP contribution in [0.5, 0.6) is 17.2 Å². The van der Waals surface area contributed by atoms with Gasteiger partial charge in [-0.3, -0.25) is 0 Å². The zero-order chi connectivity index (χ0) is 18.1. The summed E-state index contributed by atoms with van der Waals surface area (Å²) in [7, 11) is 1.64. The van der Waals surface area contributed by atoms with Crippen LogP contribution in [0, 0.1) is 0 Å². The van der Waals surface area contributed by atoms with Gasteiger partial charge >= 0.3 is 0 Å². The smallest absolute Gasteiger partial charge is 0.193 e. The Hall–Kier alpha value is -2.16. The van der Waals surface area contributed by atoms with E-state index in [2.05, 4.69) is 10.3 Å². The normalized spacial score (nSPS) is 10.7. The van der Waals surface area contributed by atoms with Crippen molar-refractivity contribution in [2.75, 3.05) is 25.6 Å². The second-order valence-electron chi connectivity index (χ2n) is 5.20. The molecule has 2 aromatic rings. The Morgan fingerprint density at radius 2 is 1.81 bits per heavy atom. The maximum absolute atomic E-state index is 6.02. The van der Waals surface area contributed by atoms with Crippen LogP contribution in [0.4, 0.5) is 5.69 Å². The summed E-state index contributed by atoms with van der Waals surface area (Å²) in [5.41, 5.74) is 7.76. The van der Waals surface area contributed by atoms with Crippen molar-refractivity contribution < 1.29 is 14.2 Å². The number of benzene rings is 2. The van der Waals surface area contributed by atoms with Gasteiger partial charge in [0.1, 0.15) is 17.2 Å². The minimum absolute atomic E-state index is 0. The monoisotopic (exact) mass is 471 g/mol. The number of nitrogens with one attached hydrogen (secondary N) is 1. The SMILES string of the molecule is CCOc1ccc(OCC)c(NC(N)=NCc2cccc(OC)c2)c1.I. The molecule has 0 atom stereocenters. The number of hydrogen-bond acceptors (Lipinski definition) is 4. The predicted octanol–water partition coefficient (Wildman–Crippen LogP) is 4.04. The van der Waals surface area contributed by atoms with E-state index in [1.54, 1.807) is 7.11 Å². The second-order valence-corrected chi connectivity index (χ2v) is 5.20. The summed E-state index contributed by atoms with van der Waals surface area (Å²) in [5.74, 6) is 2.54. The molecule has 0 saturated carbocycles. The Kier molecular flexibility index (Phi) is 9.64. The topological polar surface area (TPSA) is 78.1 Å². The summed E-state index contributed by atoms with van der Waals surface area (Å²) in [6.45, 7) is 5.47. The van der Waals surface area contributed by atoms with Crippen molar-refractivity contribution in [2.24, 2.45) is 10.7 Å². The fourth-order valence-corrected chi connectivity index (χ4v) is 2.27. The van der Waals surface area contributed by atoms with Gasteiger partial charge in [0.2, 0.25) is 0 Å². The van der Waals surface area contributed by atoms with E-state index in [-0.39, 0.29) is 24.0 Å². The van der Waals surface area contributed by atoms with Crippen LogP contribution in [0.25, 0.3) is 0 Å². The van der Waals surface area contributed by atoms with Crippen LogP contribution < -0.4 is 25.3 Å². The zero-order valence-electron chi connectivity index (χ0n) is 15.3. The summed E-state index contributed by atoms with van der Waals surface area (Å²) in [5, 5.41) is 3.08. The fourth-order valence-electron chi connectivity index (χ4n) is 2.27. The lowest BCUT2D eigenvalue weighted by Gasteiger charge is -2.14. The average Bonchev–Trinajstić information content (AvgIpc) is 2.63. The second kappa shape index (κ2) is 11.5. The van der Waals surface area contributed by atoms with E-state index in [1.807, 2.05) is 56.3 Å². The summed E-state index contributed by atoms with van der Waals surface area (Å²) in [6, 6.07) is 13.3. The highest BCUT2D eigenvalue weighted by molar-refractivity contribution is 14.0. The first-order valence-electron chi connectivity index (χ1n) is 8.25. The third kappa shape index (κ3) is 6.62. The van der Waals surface area contributed by atoms with Crippen LogP contribution in [0.1, 0.15) is 19.4 Å². The Bertz CT molecular complexity index is 723. The number of guanidine groups is 1. The Morgan fingerprint density at radius 3 is 2.50 bits per heavy atom. The molecule has 0 heterocycles. The van der Waals surface area contributed by atoms with E-state index in [0.29, 0.717) is 31.5 Å². The minimum Gasteiger partial charge on any atom is -0.497 e. The Labute approximate surface area is 171 Å². The highest BCUT2D eigenvalue weighted by atomic mass is 127. The zero-order valence-corrected chi connectivity index (χ0v) is 17.7. The van der Waals surface area contributed by atoms with Crippen molar-refractivity contribution in [1.29, 1.82) is 0 Å². The third-order valence-corrected chi connectivity index (χ3v) is 3.39. The summed E-state index contributed by atoms with van der Waals surface area (Å²) in [4.78, 5) is 4.37. The van der Waals surface area contributed by atoms with Crippen LogP contribution >= 0.6 is 24.0 Å². The van der Waals surface area contributed by atoms with Crippen LogP contribution in [0.3, 0.4) is 0 Å². The molecule has 0 fully saturated rings. The van der Waals surface area contributed by atoms with E-state index in [0.717, 1.165) is 22.7 Å². The number of nitrogens with zero attached hydrogens (tertiary/aromatic N) is 1. The van der Waals surface area contributed by atoms with Crippen molar-refractivity contribution >= 4 is 35.6 Å². The lowest BCUT2D eigenvalue weighted by Crippen LogP contribution is -2.23. The first-order valence-corrected chi connectivity index (χ1v) is 8.25. The first-order chi connectivity index (χ1) is 12.2. The maximum Gasteiger partial charge on any atom is 0.193 e. The van der Waals surface area contributed by atoms with Gasteiger partial charge in [0, 0.05) is 6.07 Å². The van der Waals surface area contributed by atoms with E-state index < -0.39 is 0 Å². The number of hydrogen-bond donors (Lipinski definition) is 2. The number of anilines is 1. The van der Waals surface area contributed by atoms with E-state index in [1.165, 1.54) is 0 Å². The molecule has 0 amide bonds. The quantitative estimate of drug-likeness (QED) is 0.345. The number of ether oxygens (including phenoxy) is 3. The molecule has 6 nitrogen and oxygen atoms in total. The molecule has 0 aliphatic heterocycles. The van der Waals surface area contributed by atoms with Gasteiger partial charge in [0.25, 0.3) is 0 Å². The van der Waals surface area contributed by atoms with E-state index >= 15 is 0 Å². The third-order valence-electron chi connectivity index (χ3n) is 3.39. The minimum atomic E-state index is 0. The highest BCUT2D eigenvalue weighted by Crippen LogP contribution is 2.29. The maximum atomic E-state index is 6.02. The van der Waals surface area contributed by atoms with Crippen molar-refractivity contribution in [1.82, 2.24) is 0 Å². The molecular formula is C19H26IN3O3. The number of nitrogens with two attached hydrogens (primary N) is 1. The molecular weight excluding hydrogens is 445 g/mol. The van der Waals surface area contributed by atoms with Gasteiger partial charge in [-0.05, 0) is 43.7 Å². The van der Waals surface area contributed by atoms with Crippen molar-refractivity contribution in [3.63, 3.8) is 0 Å². The van der Waals surface area contributed by atoms with Crippen LogP contribution in [0.15, 0.2) is 47.5 Å². The molecule has 2 aromatic carbocycles. The molecule has 0 aliphatic carbocycles. The number of rotatable bonds is 8. The molecule has 0 unspecified atom stereocenters. The van der Waals surface area contributed by atoms with Gasteiger partial charge in [-0.2, -0.15) is 0 Å². The van der Waals surface area contributed by atoms with Gasteiger partial charge in [0.05, 0.1) is 32.6 Å². The number of halogens is 1. The van der Waals surface area contributed by atoms with Gasteiger partial charge in [-0.1, -0.05) is 12.1 Å². The molecule has 26 heavy (non-hydrogen) atoms. The first kappa shape index (κ1) is 21.9. The molecule has 0 bridgehead atoms. The molecule has 0 aliphatic rings. The molecule has 0 radical (unpaired) electrons. The molecule has 3 N–H and O–H groups in total. The van der Waals surface area contributed by atoms with Crippen LogP contribution in [-0.2, 0) is 6.54 Å². The number of aliphatic imine (C=N–C) groups is 1. The molecule has 2 rings (SSSR count). The van der Waals surface area contributed by atoms with Gasteiger partial charge < -0.3 is 25.3 Å². The number of methoxy groups -OCH3 is 1. The summed E-state index contributed by atoms with van der Waals surface area (Å²) >= 11 is 0. The molecule has 142 valence electrons. The van der Waals surface area contributed by atoms with Crippen molar-refractivity contribution in [2.45, 2.75) is 20.4 Å². The summed E-state index contributed by atoms with van der Waals surface area (Å²) in [6.07, 6.45) is 0. The standard InChI is InChI=1S/C19H25N3O3.HI/c1-4-24-16-9-10-18(25-5-2)17(12-16)22-19(20)21-13-14-7-6-8-15(11-14)23-3;/h6-12H,4-5,13H2,1-3H3,(H3,20,21,22);1H. The molecule has 0 spiro atoms. The van der Waals surface area contributed by atoms with Crippen molar-refractivity contribution in [3.8, 4) is 17.2 Å². The van der Waals surface area contributed by atoms with Crippen molar-refractivity contribution in [3.05, 3.63) is 48.0 Å². The highest BCUT2D eigenvalue weighted by Gasteiger charge is 2.07. The molecule has 0 aromatic heterocycles. The molecule has 0 saturated heterocycles. The Morgan fingerprint density at radius 1 is 1.04 bits per heavy atom. The Balaban J connectivity index is 0.00000338. The van der Waals surface area contributed by atoms with Crippen LogP contribution in [-0.4, -0.2) is 26.3 Å².